The van der Waals surface area contributed by atoms with Crippen molar-refractivity contribution in [2.45, 2.75) is 19.9 Å². The van der Waals surface area contributed by atoms with Crippen LogP contribution < -0.4 is 0 Å². The summed E-state index contributed by atoms with van der Waals surface area (Å²) in [6, 6.07) is 9.72. The van der Waals surface area contributed by atoms with Crippen LogP contribution in [0.5, 0.6) is 0 Å². The minimum Gasteiger partial charge on any atom is -0.419 e. The molecule has 0 aliphatic carbocycles. The lowest BCUT2D eigenvalue weighted by Crippen LogP contribution is -2.31. The van der Waals surface area contributed by atoms with E-state index in [1.807, 2.05) is 6.92 Å². The van der Waals surface area contributed by atoms with Crippen molar-refractivity contribution in [1.82, 2.24) is 15.1 Å². The zero-order chi connectivity index (χ0) is 19.4. The van der Waals surface area contributed by atoms with Gasteiger partial charge in [-0.2, -0.15) is 0 Å². The molecule has 0 unspecified atom stereocenters. The molecule has 0 radical (unpaired) electrons. The molecule has 8 heteroatoms. The summed E-state index contributed by atoms with van der Waals surface area (Å²) >= 11 is 6.12. The molecule has 0 saturated heterocycles. The smallest absolute Gasteiger partial charge is 0.254 e. The van der Waals surface area contributed by atoms with E-state index in [1.54, 1.807) is 24.3 Å². The zero-order valence-corrected chi connectivity index (χ0v) is 15.2. The second-order valence-corrected chi connectivity index (χ2v) is 6.27. The highest BCUT2D eigenvalue weighted by atomic mass is 35.5. The number of carbonyl (C=O) groups excluding carboxylic acids is 1. The largest absolute Gasteiger partial charge is 0.419 e. The molecular weight excluding hydrogens is 376 g/mol. The van der Waals surface area contributed by atoms with Crippen LogP contribution in [0.4, 0.5) is 8.78 Å². The molecule has 2 aromatic carbocycles. The molecule has 0 bridgehead atoms. The lowest BCUT2D eigenvalue weighted by Gasteiger charge is -2.20. The molecule has 0 aliphatic heterocycles. The van der Waals surface area contributed by atoms with Crippen molar-refractivity contribution < 1.29 is 18.0 Å². The Morgan fingerprint density at radius 2 is 1.85 bits per heavy atom. The Kier molecular flexibility index (Phi) is 5.81. The van der Waals surface area contributed by atoms with Gasteiger partial charge in [0.15, 0.2) is 0 Å². The number of amides is 1. The van der Waals surface area contributed by atoms with Crippen molar-refractivity contribution in [2.24, 2.45) is 0 Å². The summed E-state index contributed by atoms with van der Waals surface area (Å²) in [6.07, 6.45) is 0.648. The molecule has 1 heterocycles. The van der Waals surface area contributed by atoms with Gasteiger partial charge in [-0.05, 0) is 30.7 Å². The average Bonchev–Trinajstić information content (AvgIpc) is 3.08. The van der Waals surface area contributed by atoms with Crippen LogP contribution in [-0.2, 0) is 6.54 Å². The third-order valence-corrected chi connectivity index (χ3v) is 4.12. The van der Waals surface area contributed by atoms with Crippen LogP contribution in [0.3, 0.4) is 0 Å². The Morgan fingerprint density at radius 1 is 1.15 bits per heavy atom. The SMILES string of the molecule is CCCN(Cc1nnc(-c2ccccc2Cl)o1)C(=O)c1cc(F)cc(F)c1. The van der Waals surface area contributed by atoms with E-state index < -0.39 is 17.5 Å². The van der Waals surface area contributed by atoms with Crippen LogP contribution in [-0.4, -0.2) is 27.5 Å². The van der Waals surface area contributed by atoms with Gasteiger partial charge in [0.1, 0.15) is 11.6 Å². The van der Waals surface area contributed by atoms with Crippen molar-refractivity contribution in [3.8, 4) is 11.5 Å². The van der Waals surface area contributed by atoms with Gasteiger partial charge in [-0.3, -0.25) is 4.79 Å². The summed E-state index contributed by atoms with van der Waals surface area (Å²) in [7, 11) is 0. The fourth-order valence-corrected chi connectivity index (χ4v) is 2.82. The van der Waals surface area contributed by atoms with Gasteiger partial charge in [0, 0.05) is 18.2 Å². The summed E-state index contributed by atoms with van der Waals surface area (Å²) < 4.78 is 32.5. The first kappa shape index (κ1) is 19.0. The molecule has 1 aromatic heterocycles. The molecule has 0 fully saturated rings. The van der Waals surface area contributed by atoms with Crippen LogP contribution >= 0.6 is 11.6 Å². The van der Waals surface area contributed by atoms with Crippen LogP contribution in [0.25, 0.3) is 11.5 Å². The summed E-state index contributed by atoms with van der Waals surface area (Å²) in [4.78, 5) is 14.1. The highest BCUT2D eigenvalue weighted by molar-refractivity contribution is 6.33. The Balaban J connectivity index is 1.83. The fraction of sp³-hybridized carbons (Fsp3) is 0.211. The maximum atomic E-state index is 13.4. The van der Waals surface area contributed by atoms with E-state index in [-0.39, 0.29) is 23.9 Å². The number of aromatic nitrogens is 2. The van der Waals surface area contributed by atoms with Gasteiger partial charge < -0.3 is 9.32 Å². The molecule has 3 rings (SSSR count). The third kappa shape index (κ3) is 4.49. The van der Waals surface area contributed by atoms with Crippen LogP contribution in [0.1, 0.15) is 29.6 Å². The number of carbonyl (C=O) groups is 1. The highest BCUT2D eigenvalue weighted by Crippen LogP contribution is 2.26. The summed E-state index contributed by atoms with van der Waals surface area (Å²) in [5, 5.41) is 8.37. The normalized spacial score (nSPS) is 10.8. The number of benzene rings is 2. The molecule has 140 valence electrons. The lowest BCUT2D eigenvalue weighted by atomic mass is 10.2. The van der Waals surface area contributed by atoms with Gasteiger partial charge in [-0.25, -0.2) is 8.78 Å². The molecule has 0 saturated carbocycles. The quantitative estimate of drug-likeness (QED) is 0.610. The summed E-state index contributed by atoms with van der Waals surface area (Å²) in [5.41, 5.74) is 0.505. The van der Waals surface area contributed by atoms with E-state index in [2.05, 4.69) is 10.2 Å². The van der Waals surface area contributed by atoms with Gasteiger partial charge in [-0.15, -0.1) is 10.2 Å². The topological polar surface area (TPSA) is 59.2 Å². The Bertz CT molecular complexity index is 941. The fourth-order valence-electron chi connectivity index (χ4n) is 2.61. The Morgan fingerprint density at radius 3 is 2.52 bits per heavy atom. The Hall–Kier alpha value is -2.80. The van der Waals surface area contributed by atoms with Crippen LogP contribution in [0.2, 0.25) is 5.02 Å². The monoisotopic (exact) mass is 391 g/mol. The van der Waals surface area contributed by atoms with Crippen LogP contribution in [0, 0.1) is 11.6 Å². The first-order chi connectivity index (χ1) is 13.0. The molecule has 27 heavy (non-hydrogen) atoms. The minimum absolute atomic E-state index is 0.0161. The predicted octanol–water partition coefficient (Wildman–Crippen LogP) is 4.72. The Labute approximate surface area is 159 Å². The van der Waals surface area contributed by atoms with E-state index in [1.165, 1.54) is 4.90 Å². The van der Waals surface area contributed by atoms with Gasteiger partial charge in [-0.1, -0.05) is 30.7 Å². The number of halogens is 3. The first-order valence-electron chi connectivity index (χ1n) is 8.30. The molecule has 0 atom stereocenters. The van der Waals surface area contributed by atoms with Gasteiger partial charge >= 0.3 is 0 Å². The van der Waals surface area contributed by atoms with Crippen molar-refractivity contribution in [3.05, 3.63) is 70.6 Å². The summed E-state index contributed by atoms with van der Waals surface area (Å²) in [5.74, 6) is -1.71. The molecular formula is C19H16ClF2N3O2. The first-order valence-corrected chi connectivity index (χ1v) is 8.68. The maximum Gasteiger partial charge on any atom is 0.254 e. The van der Waals surface area contributed by atoms with E-state index in [4.69, 9.17) is 16.0 Å². The molecule has 0 spiro atoms. The number of hydrogen-bond donors (Lipinski definition) is 0. The van der Waals surface area contributed by atoms with Crippen molar-refractivity contribution >= 4 is 17.5 Å². The van der Waals surface area contributed by atoms with E-state index in [0.717, 1.165) is 18.2 Å². The molecule has 3 aromatic rings. The second-order valence-electron chi connectivity index (χ2n) is 5.87. The molecule has 1 amide bonds. The molecule has 0 N–H and O–H groups in total. The van der Waals surface area contributed by atoms with Gasteiger partial charge in [0.2, 0.25) is 11.8 Å². The van der Waals surface area contributed by atoms with E-state index in [9.17, 15) is 13.6 Å². The highest BCUT2D eigenvalue weighted by Gasteiger charge is 2.20. The van der Waals surface area contributed by atoms with E-state index in [0.29, 0.717) is 23.6 Å². The number of rotatable bonds is 6. The maximum absolute atomic E-state index is 13.4. The number of nitrogens with zero attached hydrogens (tertiary/aromatic N) is 3. The van der Waals surface area contributed by atoms with Crippen molar-refractivity contribution in [3.63, 3.8) is 0 Å². The number of hydrogen-bond acceptors (Lipinski definition) is 4. The lowest BCUT2D eigenvalue weighted by molar-refractivity contribution is 0.0727. The van der Waals surface area contributed by atoms with Gasteiger partial charge in [0.25, 0.3) is 5.91 Å². The average molecular weight is 392 g/mol. The standard InChI is InChI=1S/C19H16ClF2N3O2/c1-2-7-25(19(26)12-8-13(21)10-14(22)9-12)11-17-23-24-18(27-17)15-5-3-4-6-16(15)20/h3-6,8-10H,2,7,11H2,1H3. The van der Waals surface area contributed by atoms with Gasteiger partial charge in [0.05, 0.1) is 17.1 Å². The third-order valence-electron chi connectivity index (χ3n) is 3.79. The predicted molar refractivity (Wildman–Crippen MR) is 96.1 cm³/mol. The van der Waals surface area contributed by atoms with E-state index >= 15 is 0 Å². The molecule has 0 aliphatic rings. The minimum atomic E-state index is -0.811. The van der Waals surface area contributed by atoms with Crippen molar-refractivity contribution in [1.29, 1.82) is 0 Å². The summed E-state index contributed by atoms with van der Waals surface area (Å²) in [6.45, 7) is 2.26. The zero-order valence-electron chi connectivity index (χ0n) is 14.5. The second kappa shape index (κ2) is 8.26. The molecule has 5 nitrogen and oxygen atoms in total. The van der Waals surface area contributed by atoms with Crippen LogP contribution in [0.15, 0.2) is 46.9 Å². The van der Waals surface area contributed by atoms with Crippen molar-refractivity contribution in [2.75, 3.05) is 6.54 Å².